The lowest BCUT2D eigenvalue weighted by Crippen LogP contribution is -2.41. The van der Waals surface area contributed by atoms with Gasteiger partial charge in [-0.05, 0) is 26.2 Å². The van der Waals surface area contributed by atoms with Crippen LogP contribution < -0.4 is 0 Å². The summed E-state index contributed by atoms with van der Waals surface area (Å²) in [6, 6.07) is 0. The van der Waals surface area contributed by atoms with Gasteiger partial charge in [-0.3, -0.25) is 0 Å². The molecular weight excluding hydrogens is 162 g/mol. The summed E-state index contributed by atoms with van der Waals surface area (Å²) in [5, 5.41) is 4.20. The fourth-order valence-electron chi connectivity index (χ4n) is 1.42. The minimum Gasteiger partial charge on any atom is -0.389 e. The number of nitrogens with zero attached hydrogens (tertiary/aromatic N) is 1. The third kappa shape index (κ3) is 1.72. The molecule has 76 valence electrons. The summed E-state index contributed by atoms with van der Waals surface area (Å²) >= 11 is 0. The van der Waals surface area contributed by atoms with E-state index in [-0.39, 0.29) is 11.0 Å². The normalized spacial score (nSPS) is 24.4. The van der Waals surface area contributed by atoms with Gasteiger partial charge < -0.3 is 4.84 Å². The first-order chi connectivity index (χ1) is 5.77. The Morgan fingerprint density at radius 1 is 1.23 bits per heavy atom. The van der Waals surface area contributed by atoms with Gasteiger partial charge >= 0.3 is 0 Å². The van der Waals surface area contributed by atoms with Crippen LogP contribution in [0, 0.1) is 11.3 Å². The molecule has 0 unspecified atom stereocenters. The molecule has 0 aliphatic carbocycles. The lowest BCUT2D eigenvalue weighted by Gasteiger charge is -2.32. The molecule has 0 aromatic carbocycles. The molecule has 0 N–H and O–H groups in total. The van der Waals surface area contributed by atoms with E-state index in [4.69, 9.17) is 4.84 Å². The van der Waals surface area contributed by atoms with Crippen LogP contribution >= 0.6 is 0 Å². The first kappa shape index (κ1) is 10.6. The van der Waals surface area contributed by atoms with E-state index in [9.17, 15) is 0 Å². The van der Waals surface area contributed by atoms with Crippen LogP contribution in [0.25, 0.3) is 0 Å². The predicted octanol–water partition coefficient (Wildman–Crippen LogP) is 3.22. The van der Waals surface area contributed by atoms with Crippen molar-refractivity contribution in [3.8, 4) is 0 Å². The van der Waals surface area contributed by atoms with E-state index in [1.54, 1.807) is 0 Å². The van der Waals surface area contributed by atoms with Gasteiger partial charge in [0.05, 0.1) is 5.71 Å². The van der Waals surface area contributed by atoms with Crippen molar-refractivity contribution in [3.05, 3.63) is 0 Å². The number of rotatable bonds is 2. The summed E-state index contributed by atoms with van der Waals surface area (Å²) < 4.78 is 0. The van der Waals surface area contributed by atoms with Crippen LogP contribution in [0.2, 0.25) is 0 Å². The molecule has 0 bridgehead atoms. The quantitative estimate of drug-likeness (QED) is 0.644. The van der Waals surface area contributed by atoms with Crippen LogP contribution in [-0.4, -0.2) is 11.3 Å². The molecule has 0 aromatic heterocycles. The molecule has 0 fully saturated rings. The predicted molar refractivity (Wildman–Crippen MR) is 55.8 cm³/mol. The zero-order valence-electron chi connectivity index (χ0n) is 9.64. The van der Waals surface area contributed by atoms with Crippen LogP contribution in [0.4, 0.5) is 0 Å². The van der Waals surface area contributed by atoms with Gasteiger partial charge in [-0.2, -0.15) is 0 Å². The number of hydrogen-bond donors (Lipinski definition) is 0. The van der Waals surface area contributed by atoms with Crippen molar-refractivity contribution < 1.29 is 4.84 Å². The Bertz CT molecular complexity index is 226. The fraction of sp³-hybridized carbons (Fsp3) is 0.909. The van der Waals surface area contributed by atoms with Crippen LogP contribution in [0.15, 0.2) is 5.16 Å². The molecule has 0 saturated heterocycles. The van der Waals surface area contributed by atoms with E-state index < -0.39 is 0 Å². The first-order valence-corrected chi connectivity index (χ1v) is 5.03. The van der Waals surface area contributed by atoms with Crippen molar-refractivity contribution >= 4 is 5.71 Å². The highest BCUT2D eigenvalue weighted by Crippen LogP contribution is 2.42. The van der Waals surface area contributed by atoms with Gasteiger partial charge in [0.25, 0.3) is 0 Å². The largest absolute Gasteiger partial charge is 0.389 e. The highest BCUT2D eigenvalue weighted by molar-refractivity contribution is 5.91. The molecule has 0 amide bonds. The van der Waals surface area contributed by atoms with E-state index in [2.05, 4.69) is 46.7 Å². The maximum Gasteiger partial charge on any atom is 0.142 e. The molecule has 1 aliphatic rings. The number of oxime groups is 1. The monoisotopic (exact) mass is 183 g/mol. The second kappa shape index (κ2) is 3.00. The lowest BCUT2D eigenvalue weighted by atomic mass is 9.72. The van der Waals surface area contributed by atoms with E-state index >= 15 is 0 Å². The van der Waals surface area contributed by atoms with Crippen LogP contribution in [0.5, 0.6) is 0 Å². The Balaban J connectivity index is 2.80. The van der Waals surface area contributed by atoms with Gasteiger partial charge in [-0.15, -0.1) is 0 Å². The zero-order valence-corrected chi connectivity index (χ0v) is 9.64. The summed E-state index contributed by atoms with van der Waals surface area (Å²) in [6.07, 6.45) is 1.04. The summed E-state index contributed by atoms with van der Waals surface area (Å²) in [5.41, 5.74) is 1.11. The van der Waals surface area contributed by atoms with Gasteiger partial charge in [0.15, 0.2) is 0 Å². The van der Waals surface area contributed by atoms with Crippen LogP contribution in [0.1, 0.15) is 48.0 Å². The average Bonchev–Trinajstić information content (AvgIpc) is 2.11. The Morgan fingerprint density at radius 2 is 1.77 bits per heavy atom. The first-order valence-electron chi connectivity index (χ1n) is 5.03. The van der Waals surface area contributed by atoms with Crippen molar-refractivity contribution in [2.45, 2.75) is 53.6 Å². The fourth-order valence-corrected chi connectivity index (χ4v) is 1.42. The van der Waals surface area contributed by atoms with Gasteiger partial charge in [0.2, 0.25) is 0 Å². The molecule has 0 atom stereocenters. The van der Waals surface area contributed by atoms with E-state index in [1.807, 2.05) is 0 Å². The minimum atomic E-state index is -0.156. The Morgan fingerprint density at radius 3 is 2.08 bits per heavy atom. The smallest absolute Gasteiger partial charge is 0.142 e. The van der Waals surface area contributed by atoms with E-state index in [0.717, 1.165) is 6.42 Å². The van der Waals surface area contributed by atoms with Crippen molar-refractivity contribution in [1.29, 1.82) is 0 Å². The molecule has 0 spiro atoms. The molecular formula is C11H21NO. The summed E-state index contributed by atoms with van der Waals surface area (Å²) in [5.74, 6) is 0.649. The van der Waals surface area contributed by atoms with Crippen molar-refractivity contribution in [3.63, 3.8) is 0 Å². The van der Waals surface area contributed by atoms with Gasteiger partial charge in [-0.25, -0.2) is 0 Å². The molecule has 1 rings (SSSR count). The third-order valence-electron chi connectivity index (χ3n) is 3.21. The molecule has 0 saturated carbocycles. The number of hydrogen-bond acceptors (Lipinski definition) is 2. The zero-order chi connectivity index (χ0) is 10.3. The standard InChI is InChI=1S/C11H21NO/c1-8(2)7-9-10(3,4)11(5,6)13-12-9/h8H,7H2,1-6H3. The SMILES string of the molecule is CC(C)CC1=NOC(C)(C)C1(C)C. The third-order valence-corrected chi connectivity index (χ3v) is 3.21. The van der Waals surface area contributed by atoms with E-state index in [0.29, 0.717) is 5.92 Å². The summed E-state index contributed by atoms with van der Waals surface area (Å²) in [7, 11) is 0. The van der Waals surface area contributed by atoms with Crippen LogP contribution in [-0.2, 0) is 4.84 Å². The van der Waals surface area contributed by atoms with Gasteiger partial charge in [0, 0.05) is 5.41 Å². The molecule has 2 heteroatoms. The highest BCUT2D eigenvalue weighted by Gasteiger charge is 2.48. The summed E-state index contributed by atoms with van der Waals surface area (Å²) in [6.45, 7) is 13.0. The second-order valence-electron chi connectivity index (χ2n) is 5.36. The molecule has 0 aromatic rings. The minimum absolute atomic E-state index is 0.0667. The molecule has 2 nitrogen and oxygen atoms in total. The Hall–Kier alpha value is -0.530. The topological polar surface area (TPSA) is 21.6 Å². The summed E-state index contributed by atoms with van der Waals surface area (Å²) in [4.78, 5) is 5.46. The highest BCUT2D eigenvalue weighted by atomic mass is 16.7. The molecule has 13 heavy (non-hydrogen) atoms. The average molecular weight is 183 g/mol. The lowest BCUT2D eigenvalue weighted by molar-refractivity contribution is -0.0410. The van der Waals surface area contributed by atoms with Crippen molar-refractivity contribution in [1.82, 2.24) is 0 Å². The molecule has 0 radical (unpaired) electrons. The Labute approximate surface area is 81.3 Å². The van der Waals surface area contributed by atoms with Gasteiger partial charge in [-0.1, -0.05) is 32.9 Å². The molecule has 1 aliphatic heterocycles. The maximum atomic E-state index is 5.46. The van der Waals surface area contributed by atoms with Gasteiger partial charge in [0.1, 0.15) is 5.60 Å². The maximum absolute atomic E-state index is 5.46. The van der Waals surface area contributed by atoms with Crippen LogP contribution in [0.3, 0.4) is 0 Å². The van der Waals surface area contributed by atoms with Crippen molar-refractivity contribution in [2.24, 2.45) is 16.5 Å². The molecule has 1 heterocycles. The van der Waals surface area contributed by atoms with E-state index in [1.165, 1.54) is 5.71 Å². The second-order valence-corrected chi connectivity index (χ2v) is 5.36. The van der Waals surface area contributed by atoms with Crippen molar-refractivity contribution in [2.75, 3.05) is 0 Å². The Kier molecular flexibility index (Phi) is 2.44.